The van der Waals surface area contributed by atoms with Gasteiger partial charge in [-0.3, -0.25) is 4.99 Å². The number of nitrogens with zero attached hydrogens (tertiary/aromatic N) is 1. The van der Waals surface area contributed by atoms with Crippen LogP contribution in [0.5, 0.6) is 0 Å². The second-order valence-electron chi connectivity index (χ2n) is 6.72. The van der Waals surface area contributed by atoms with Gasteiger partial charge in [-0.05, 0) is 18.8 Å². The Bertz CT molecular complexity index is 372. The summed E-state index contributed by atoms with van der Waals surface area (Å²) in [5.41, 5.74) is 0.216. The molecule has 1 saturated heterocycles. The second kappa shape index (κ2) is 5.39. The number of nitrogens with one attached hydrogen (secondary N) is 2. The van der Waals surface area contributed by atoms with Gasteiger partial charge in [0.2, 0.25) is 0 Å². The second-order valence-corrected chi connectivity index (χ2v) is 6.72. The van der Waals surface area contributed by atoms with Crippen LogP contribution in [-0.2, 0) is 4.74 Å². The van der Waals surface area contributed by atoms with Crippen LogP contribution in [0.2, 0.25) is 0 Å². The average Bonchev–Trinajstić information content (AvgIpc) is 2.85. The van der Waals surface area contributed by atoms with Crippen LogP contribution in [0.25, 0.3) is 0 Å². The first kappa shape index (κ1) is 15.4. The molecule has 110 valence electrons. The number of aliphatic imine (C=N–C) groups is 1. The number of halogens is 1. The molecule has 5 atom stereocenters. The lowest BCUT2D eigenvalue weighted by atomic mass is 9.57. The van der Waals surface area contributed by atoms with Crippen LogP contribution in [-0.4, -0.2) is 37.8 Å². The molecule has 0 radical (unpaired) electrons. The van der Waals surface area contributed by atoms with Crippen molar-refractivity contribution in [2.75, 3.05) is 13.7 Å². The van der Waals surface area contributed by atoms with E-state index >= 15 is 0 Å². The Morgan fingerprint density at radius 1 is 1.32 bits per heavy atom. The number of hydrogen-bond donors (Lipinski definition) is 2. The first-order valence-corrected chi connectivity index (χ1v) is 7.15. The van der Waals surface area contributed by atoms with Gasteiger partial charge < -0.3 is 15.4 Å². The van der Waals surface area contributed by atoms with Crippen molar-refractivity contribution in [3.8, 4) is 0 Å². The average molecular weight is 379 g/mol. The summed E-state index contributed by atoms with van der Waals surface area (Å²) in [7, 11) is 1.86. The molecule has 0 aromatic heterocycles. The normalized spacial score (nSPS) is 42.7. The topological polar surface area (TPSA) is 45.7 Å². The number of fused-ring (bicyclic) bond motifs is 1. The lowest BCUT2D eigenvalue weighted by molar-refractivity contribution is -0.106. The zero-order valence-corrected chi connectivity index (χ0v) is 14.6. The zero-order chi connectivity index (χ0) is 12.9. The van der Waals surface area contributed by atoms with Gasteiger partial charge in [0.25, 0.3) is 0 Å². The van der Waals surface area contributed by atoms with Crippen LogP contribution >= 0.6 is 24.0 Å². The number of rotatable bonds is 2. The van der Waals surface area contributed by atoms with Gasteiger partial charge in [0, 0.05) is 37.1 Å². The molecule has 2 aliphatic carbocycles. The fraction of sp³-hybridized carbons (Fsp3) is 0.929. The van der Waals surface area contributed by atoms with Crippen molar-refractivity contribution in [2.24, 2.45) is 22.2 Å². The van der Waals surface area contributed by atoms with Gasteiger partial charge in [-0.1, -0.05) is 20.8 Å². The van der Waals surface area contributed by atoms with Crippen molar-refractivity contribution in [3.63, 3.8) is 0 Å². The summed E-state index contributed by atoms with van der Waals surface area (Å²) in [6, 6.07) is 1.11. The minimum Gasteiger partial charge on any atom is -0.377 e. The van der Waals surface area contributed by atoms with Gasteiger partial charge in [0.1, 0.15) is 0 Å². The van der Waals surface area contributed by atoms with E-state index in [0.29, 0.717) is 24.1 Å². The maximum absolute atomic E-state index is 5.82. The molecule has 0 aromatic carbocycles. The van der Waals surface area contributed by atoms with E-state index in [9.17, 15) is 0 Å². The van der Waals surface area contributed by atoms with Crippen LogP contribution in [0.3, 0.4) is 0 Å². The SMILES string of the molecule is CN=C(NC1CC1C)NC1C2CCOC2C1(C)C.I. The van der Waals surface area contributed by atoms with E-state index in [2.05, 4.69) is 36.4 Å². The third kappa shape index (κ3) is 2.60. The van der Waals surface area contributed by atoms with Crippen molar-refractivity contribution in [1.29, 1.82) is 0 Å². The summed E-state index contributed by atoms with van der Waals surface area (Å²) >= 11 is 0. The van der Waals surface area contributed by atoms with Crippen molar-refractivity contribution in [1.82, 2.24) is 10.6 Å². The van der Waals surface area contributed by atoms with Crippen molar-refractivity contribution in [2.45, 2.75) is 51.8 Å². The van der Waals surface area contributed by atoms with E-state index in [1.165, 1.54) is 12.8 Å². The molecule has 3 fully saturated rings. The number of guanidine groups is 1. The molecule has 0 aromatic rings. The van der Waals surface area contributed by atoms with E-state index in [0.717, 1.165) is 18.5 Å². The molecule has 1 aliphatic heterocycles. The molecule has 5 unspecified atom stereocenters. The maximum atomic E-state index is 5.82. The van der Waals surface area contributed by atoms with Crippen molar-refractivity contribution < 1.29 is 4.74 Å². The number of ether oxygens (including phenoxy) is 1. The summed E-state index contributed by atoms with van der Waals surface area (Å²) in [5.74, 6) is 2.42. The van der Waals surface area contributed by atoms with E-state index in [1.54, 1.807) is 0 Å². The Kier molecular flexibility index (Phi) is 4.35. The highest BCUT2D eigenvalue weighted by molar-refractivity contribution is 14.0. The van der Waals surface area contributed by atoms with E-state index in [4.69, 9.17) is 4.74 Å². The van der Waals surface area contributed by atoms with E-state index in [-0.39, 0.29) is 29.4 Å². The highest BCUT2D eigenvalue weighted by Crippen LogP contribution is 2.52. The lowest BCUT2D eigenvalue weighted by Gasteiger charge is -2.54. The monoisotopic (exact) mass is 379 g/mol. The van der Waals surface area contributed by atoms with Gasteiger partial charge in [-0.25, -0.2) is 0 Å². The fourth-order valence-corrected chi connectivity index (χ4v) is 3.63. The summed E-state index contributed by atoms with van der Waals surface area (Å²) in [4.78, 5) is 4.36. The van der Waals surface area contributed by atoms with Crippen LogP contribution < -0.4 is 10.6 Å². The molecule has 0 amide bonds. The Morgan fingerprint density at radius 3 is 2.58 bits per heavy atom. The summed E-state index contributed by atoms with van der Waals surface area (Å²) in [6.45, 7) is 7.79. The maximum Gasteiger partial charge on any atom is 0.191 e. The standard InChI is InChI=1S/C14H25N3O.HI/c1-8-7-10(8)16-13(15-4)17-11-9-5-6-18-12(9)14(11,2)3;/h8-12H,5-7H2,1-4H3,(H2,15,16,17);1H. The summed E-state index contributed by atoms with van der Waals surface area (Å²) in [6.07, 6.45) is 2.89. The van der Waals surface area contributed by atoms with Crippen molar-refractivity contribution >= 4 is 29.9 Å². The smallest absolute Gasteiger partial charge is 0.191 e. The van der Waals surface area contributed by atoms with Crippen molar-refractivity contribution in [3.05, 3.63) is 0 Å². The van der Waals surface area contributed by atoms with Crippen LogP contribution in [0.4, 0.5) is 0 Å². The summed E-state index contributed by atoms with van der Waals surface area (Å²) < 4.78 is 5.82. The van der Waals surface area contributed by atoms with Gasteiger partial charge >= 0.3 is 0 Å². The van der Waals surface area contributed by atoms with E-state index < -0.39 is 0 Å². The first-order chi connectivity index (χ1) is 8.54. The minimum absolute atomic E-state index is 0. The molecular weight excluding hydrogens is 353 g/mol. The predicted molar refractivity (Wildman–Crippen MR) is 88.0 cm³/mol. The van der Waals surface area contributed by atoms with Crippen LogP contribution in [0.1, 0.15) is 33.6 Å². The number of hydrogen-bond acceptors (Lipinski definition) is 2. The predicted octanol–water partition coefficient (Wildman–Crippen LogP) is 1.99. The molecule has 3 aliphatic rings. The van der Waals surface area contributed by atoms with Gasteiger partial charge in [-0.2, -0.15) is 0 Å². The molecule has 1 heterocycles. The molecule has 2 saturated carbocycles. The first-order valence-electron chi connectivity index (χ1n) is 7.15. The van der Waals surface area contributed by atoms with Gasteiger partial charge in [0.05, 0.1) is 6.10 Å². The molecule has 0 spiro atoms. The molecule has 19 heavy (non-hydrogen) atoms. The third-order valence-electron chi connectivity index (χ3n) is 5.05. The Hall–Kier alpha value is -0.0400. The minimum atomic E-state index is 0. The zero-order valence-electron chi connectivity index (χ0n) is 12.3. The lowest BCUT2D eigenvalue weighted by Crippen LogP contribution is -2.68. The highest BCUT2D eigenvalue weighted by atomic mass is 127. The highest BCUT2D eigenvalue weighted by Gasteiger charge is 2.59. The van der Waals surface area contributed by atoms with Gasteiger partial charge in [-0.15, -0.1) is 24.0 Å². The quantitative estimate of drug-likeness (QED) is 0.438. The fourth-order valence-electron chi connectivity index (χ4n) is 3.63. The molecule has 2 N–H and O–H groups in total. The van der Waals surface area contributed by atoms with Gasteiger partial charge in [0.15, 0.2) is 5.96 Å². The Labute approximate surface area is 133 Å². The molecule has 5 heteroatoms. The summed E-state index contributed by atoms with van der Waals surface area (Å²) in [5, 5.41) is 7.12. The third-order valence-corrected chi connectivity index (χ3v) is 5.05. The Morgan fingerprint density at radius 2 is 2.00 bits per heavy atom. The van der Waals surface area contributed by atoms with Crippen LogP contribution in [0, 0.1) is 17.3 Å². The van der Waals surface area contributed by atoms with E-state index in [1.807, 2.05) is 7.05 Å². The molecule has 0 bridgehead atoms. The Balaban J connectivity index is 0.00000133. The molecular formula is C14H26IN3O. The molecule has 3 rings (SSSR count). The largest absolute Gasteiger partial charge is 0.377 e. The molecule has 4 nitrogen and oxygen atoms in total. The van der Waals surface area contributed by atoms with Crippen LogP contribution in [0.15, 0.2) is 4.99 Å².